The minimum absolute atomic E-state index is 0.137. The molecular weight excluding hydrogens is 122 g/mol. The first-order chi connectivity index (χ1) is 3.27. The predicted octanol–water partition coefficient (Wildman–Crippen LogP) is 0.0973. The number of nitrogens with one attached hydrogen (secondary N) is 1. The number of hydrogen-bond acceptors (Lipinski definition) is 5. The molecular formula is HN3O3S. The van der Waals surface area contributed by atoms with Gasteiger partial charge in [0.1, 0.15) is 0 Å². The third-order valence-corrected chi connectivity index (χ3v) is 0.458. The summed E-state index contributed by atoms with van der Waals surface area (Å²) in [5.74, 6) is 0. The molecule has 6 nitrogen and oxygen atoms in total. The summed E-state index contributed by atoms with van der Waals surface area (Å²) in [4.78, 5) is 19.7. The van der Waals surface area contributed by atoms with E-state index in [-0.39, 0.29) is 12.1 Å². The van der Waals surface area contributed by atoms with E-state index in [1.54, 1.807) is 0 Å². The molecule has 0 amide bonds. The lowest BCUT2D eigenvalue weighted by atomic mass is 12.7. The molecule has 1 N–H and O–H groups in total. The van der Waals surface area contributed by atoms with Crippen molar-refractivity contribution < 1.29 is 5.03 Å². The van der Waals surface area contributed by atoms with Crippen molar-refractivity contribution >= 4 is 12.1 Å². The van der Waals surface area contributed by atoms with E-state index in [4.69, 9.17) is 4.91 Å². The van der Waals surface area contributed by atoms with Gasteiger partial charge in [-0.25, -0.2) is 10.1 Å². The fourth-order valence-electron chi connectivity index (χ4n) is 0.0500. The van der Waals surface area contributed by atoms with Crippen LogP contribution in [0.15, 0.2) is 4.58 Å². The van der Waals surface area contributed by atoms with Crippen molar-refractivity contribution in [2.75, 3.05) is 0 Å². The minimum atomic E-state index is -0.869. The van der Waals surface area contributed by atoms with E-state index in [2.05, 4.69) is 4.58 Å². The third kappa shape index (κ3) is 5.15. The van der Waals surface area contributed by atoms with Crippen LogP contribution in [0.25, 0.3) is 0 Å². The van der Waals surface area contributed by atoms with Crippen molar-refractivity contribution in [3.8, 4) is 0 Å². The molecule has 0 aliphatic carbocycles. The van der Waals surface area contributed by atoms with Gasteiger partial charge >= 0.3 is 0 Å². The standard InChI is InChI=1S/HN3O3S/c4-2-7-1-3(5)6/h1H. The van der Waals surface area contributed by atoms with Crippen LogP contribution in [0.5, 0.6) is 0 Å². The molecule has 0 aromatic rings. The van der Waals surface area contributed by atoms with Crippen molar-refractivity contribution in [3.05, 3.63) is 15.0 Å². The van der Waals surface area contributed by atoms with Crippen LogP contribution in [-0.4, -0.2) is 5.03 Å². The van der Waals surface area contributed by atoms with Gasteiger partial charge in [0.25, 0.3) is 0 Å². The molecule has 0 aromatic carbocycles. The smallest absolute Gasteiger partial charge is 0.199 e. The first kappa shape index (κ1) is 6.15. The first-order valence-electron chi connectivity index (χ1n) is 1.16. The zero-order valence-corrected chi connectivity index (χ0v) is 3.84. The average molecular weight is 123 g/mol. The zero-order chi connectivity index (χ0) is 5.70. The Morgan fingerprint density at radius 1 is 1.86 bits per heavy atom. The fraction of sp³-hybridized carbons (Fsp3) is 0. The zero-order valence-electron chi connectivity index (χ0n) is 3.03. The van der Waals surface area contributed by atoms with Gasteiger partial charge in [-0.15, -0.1) is 4.91 Å². The second kappa shape index (κ2) is 3.34. The van der Waals surface area contributed by atoms with Gasteiger partial charge in [0.05, 0.1) is 0 Å². The molecule has 7 heteroatoms. The summed E-state index contributed by atoms with van der Waals surface area (Å²) >= 11 is 0.137. The maximum absolute atomic E-state index is 9.23. The highest BCUT2D eigenvalue weighted by Gasteiger charge is 1.89. The second-order valence-corrected chi connectivity index (χ2v) is 1.03. The molecule has 0 unspecified atom stereocenters. The summed E-state index contributed by atoms with van der Waals surface area (Å²) in [6.07, 6.45) is 0. The van der Waals surface area contributed by atoms with Gasteiger partial charge in [-0.2, -0.15) is 0 Å². The lowest BCUT2D eigenvalue weighted by Gasteiger charge is -1.79. The Bertz CT molecular complexity index is 80.2. The molecule has 40 valence electrons. The van der Waals surface area contributed by atoms with Crippen molar-refractivity contribution in [2.45, 2.75) is 0 Å². The maximum atomic E-state index is 9.23. The van der Waals surface area contributed by atoms with Crippen molar-refractivity contribution in [3.63, 3.8) is 0 Å². The lowest BCUT2D eigenvalue weighted by molar-refractivity contribution is -0.516. The number of nitroso groups, excluding NO2 is 1. The SMILES string of the molecule is O=NSN[N+](=O)[O-]. The molecule has 0 fully saturated rings. The van der Waals surface area contributed by atoms with E-state index >= 15 is 0 Å². The summed E-state index contributed by atoms with van der Waals surface area (Å²) in [5.41, 5.74) is 0. The number of hydrazine groups is 1. The average Bonchev–Trinajstić information content (AvgIpc) is 1.61. The molecule has 0 saturated heterocycles. The van der Waals surface area contributed by atoms with Crippen molar-refractivity contribution in [2.24, 2.45) is 4.58 Å². The molecule has 0 heterocycles. The Kier molecular flexibility index (Phi) is 2.94. The van der Waals surface area contributed by atoms with Gasteiger partial charge < -0.3 is 0 Å². The highest BCUT2D eigenvalue weighted by molar-refractivity contribution is 7.95. The normalized spacial score (nSPS) is 7.43. The van der Waals surface area contributed by atoms with E-state index in [0.29, 0.717) is 0 Å². The van der Waals surface area contributed by atoms with E-state index in [9.17, 15) is 10.1 Å². The van der Waals surface area contributed by atoms with E-state index in [0.717, 1.165) is 0 Å². The quantitative estimate of drug-likeness (QED) is 0.249. The first-order valence-corrected chi connectivity index (χ1v) is 1.93. The second-order valence-electron chi connectivity index (χ2n) is 0.514. The fourth-order valence-corrected chi connectivity index (χ4v) is 0.150. The Morgan fingerprint density at radius 2 is 2.43 bits per heavy atom. The Balaban J connectivity index is 2.97. The van der Waals surface area contributed by atoms with Crippen LogP contribution in [0.1, 0.15) is 0 Å². The topological polar surface area (TPSA) is 84.6 Å². The summed E-state index contributed by atoms with van der Waals surface area (Å²) < 4.78 is 2.09. The van der Waals surface area contributed by atoms with Crippen LogP contribution >= 0.6 is 12.1 Å². The van der Waals surface area contributed by atoms with E-state index in [1.807, 2.05) is 0 Å². The van der Waals surface area contributed by atoms with E-state index < -0.39 is 5.03 Å². The number of rotatable bonds is 3. The van der Waals surface area contributed by atoms with Gasteiger partial charge in [-0.05, 0) is 0 Å². The summed E-state index contributed by atoms with van der Waals surface area (Å²) in [6, 6.07) is 0. The third-order valence-electron chi connectivity index (χ3n) is 0.153. The monoisotopic (exact) mass is 123 g/mol. The van der Waals surface area contributed by atoms with Gasteiger partial charge in [-0.3, -0.25) is 0 Å². The maximum Gasteiger partial charge on any atom is 0.199 e. The molecule has 0 aromatic heterocycles. The molecule has 0 aliphatic heterocycles. The number of nitrogens with zero attached hydrogens (tertiary/aromatic N) is 2. The lowest BCUT2D eigenvalue weighted by Crippen LogP contribution is -2.10. The summed E-state index contributed by atoms with van der Waals surface area (Å²) in [5, 5.41) is 8.36. The van der Waals surface area contributed by atoms with Crippen LogP contribution in [0.4, 0.5) is 0 Å². The number of nitro groups is 1. The summed E-state index contributed by atoms with van der Waals surface area (Å²) in [6.45, 7) is 0. The highest BCUT2D eigenvalue weighted by Crippen LogP contribution is 1.88. The molecule has 0 bridgehead atoms. The minimum Gasteiger partial charge on any atom is -0.234 e. The van der Waals surface area contributed by atoms with Gasteiger partial charge in [0.2, 0.25) is 0 Å². The molecule has 0 radical (unpaired) electrons. The Morgan fingerprint density at radius 3 is 2.57 bits per heavy atom. The molecule has 0 rings (SSSR count). The van der Waals surface area contributed by atoms with Crippen LogP contribution in [0, 0.1) is 15.0 Å². The van der Waals surface area contributed by atoms with Gasteiger partial charge in [0.15, 0.2) is 17.2 Å². The largest absolute Gasteiger partial charge is 0.234 e. The van der Waals surface area contributed by atoms with Crippen LogP contribution in [-0.2, 0) is 0 Å². The van der Waals surface area contributed by atoms with Crippen molar-refractivity contribution in [1.29, 1.82) is 0 Å². The van der Waals surface area contributed by atoms with Crippen LogP contribution in [0.3, 0.4) is 0 Å². The summed E-state index contributed by atoms with van der Waals surface area (Å²) in [7, 11) is 0. The Hall–Kier alpha value is -0.850. The molecule has 7 heavy (non-hydrogen) atoms. The molecule has 0 aliphatic rings. The van der Waals surface area contributed by atoms with Crippen molar-refractivity contribution in [1.82, 2.24) is 4.83 Å². The van der Waals surface area contributed by atoms with E-state index in [1.165, 1.54) is 4.83 Å². The van der Waals surface area contributed by atoms with Gasteiger partial charge in [0, 0.05) is 4.58 Å². The predicted molar refractivity (Wildman–Crippen MR) is 23.5 cm³/mol. The van der Waals surface area contributed by atoms with Gasteiger partial charge in [-0.1, -0.05) is 4.83 Å². The molecule has 0 spiro atoms. The molecule has 0 atom stereocenters. The number of hydrogen-bond donors (Lipinski definition) is 1. The highest BCUT2D eigenvalue weighted by atomic mass is 32.2. The van der Waals surface area contributed by atoms with Crippen LogP contribution in [0.2, 0.25) is 0 Å². The Labute approximate surface area is 42.6 Å². The molecule has 0 saturated carbocycles. The van der Waals surface area contributed by atoms with Crippen LogP contribution < -0.4 is 4.83 Å².